The molecule has 0 atom stereocenters. The van der Waals surface area contributed by atoms with Gasteiger partial charge in [-0.25, -0.2) is 0 Å². The molecule has 0 unspecified atom stereocenters. The highest BCUT2D eigenvalue weighted by Gasteiger charge is 2.08. The molecule has 1 rings (SSSR count). The van der Waals surface area contributed by atoms with Crippen molar-refractivity contribution in [2.45, 2.75) is 0 Å². The molecular weight excluding hydrogens is 92.1 g/mol. The van der Waals surface area contributed by atoms with E-state index < -0.39 is 0 Å². The number of nitrogens with zero attached hydrogens (tertiary/aromatic N) is 1. The topological polar surface area (TPSA) is 37.8 Å². The first-order chi connectivity index (χ1) is 3.39. The average molecular weight is 102 g/mol. The van der Waals surface area contributed by atoms with Gasteiger partial charge in [-0.15, -0.1) is 10.9 Å². The summed E-state index contributed by atoms with van der Waals surface area (Å²) in [6.07, 6.45) is 0. The van der Waals surface area contributed by atoms with E-state index >= 15 is 0 Å². The zero-order valence-corrected chi connectivity index (χ0v) is 4.26. The SMILES string of the molecule is [NH2+]N1CCOCC1. The van der Waals surface area contributed by atoms with Crippen molar-refractivity contribution in [1.82, 2.24) is 5.01 Å². The second-order valence-electron chi connectivity index (χ2n) is 1.65. The Bertz CT molecular complexity index is 51.7. The van der Waals surface area contributed by atoms with Gasteiger partial charge in [0, 0.05) is 0 Å². The molecule has 3 heteroatoms. The summed E-state index contributed by atoms with van der Waals surface area (Å²) in [5, 5.41) is 1.77. The summed E-state index contributed by atoms with van der Waals surface area (Å²) in [5.41, 5.74) is 0. The van der Waals surface area contributed by atoms with Crippen LogP contribution in [0.4, 0.5) is 0 Å². The summed E-state index contributed by atoms with van der Waals surface area (Å²) in [6.45, 7) is 3.33. The van der Waals surface area contributed by atoms with Crippen LogP contribution in [0.15, 0.2) is 0 Å². The van der Waals surface area contributed by atoms with E-state index in [1.54, 1.807) is 5.01 Å². The van der Waals surface area contributed by atoms with Crippen LogP contribution in [-0.2, 0) is 4.74 Å². The van der Waals surface area contributed by atoms with Gasteiger partial charge in [0.25, 0.3) is 0 Å². The smallest absolute Gasteiger partial charge is 0.0763 e. The lowest BCUT2D eigenvalue weighted by atomic mass is 10.5. The van der Waals surface area contributed by atoms with Gasteiger partial charge in [0.15, 0.2) is 0 Å². The monoisotopic (exact) mass is 102 g/mol. The molecule has 0 aliphatic carbocycles. The highest BCUT2D eigenvalue weighted by molar-refractivity contribution is 4.47. The Kier molecular flexibility index (Phi) is 1.62. The van der Waals surface area contributed by atoms with Crippen molar-refractivity contribution in [3.05, 3.63) is 0 Å². The Morgan fingerprint density at radius 2 is 1.86 bits per heavy atom. The van der Waals surface area contributed by atoms with Crippen LogP contribution in [0.3, 0.4) is 0 Å². The zero-order chi connectivity index (χ0) is 5.11. The lowest BCUT2D eigenvalue weighted by Crippen LogP contribution is -2.70. The zero-order valence-electron chi connectivity index (χ0n) is 4.26. The average Bonchev–Trinajstić information content (AvgIpc) is 1.69. The van der Waals surface area contributed by atoms with E-state index in [1.807, 2.05) is 0 Å². The van der Waals surface area contributed by atoms with E-state index in [4.69, 9.17) is 10.6 Å². The minimum atomic E-state index is 0.788. The number of rotatable bonds is 0. The summed E-state index contributed by atoms with van der Waals surface area (Å²) in [7, 11) is 0. The number of nitrogens with two attached hydrogens (primary N) is 1. The van der Waals surface area contributed by atoms with Crippen molar-refractivity contribution in [2.75, 3.05) is 26.3 Å². The fourth-order valence-electron chi connectivity index (χ4n) is 0.577. The largest absolute Gasteiger partial charge is 0.378 e. The van der Waals surface area contributed by atoms with E-state index in [0.29, 0.717) is 0 Å². The predicted octanol–water partition coefficient (Wildman–Crippen LogP) is -1.74. The van der Waals surface area contributed by atoms with Gasteiger partial charge in [-0.1, -0.05) is 0 Å². The molecule has 1 heterocycles. The van der Waals surface area contributed by atoms with Crippen molar-refractivity contribution in [3.8, 4) is 0 Å². The summed E-state index contributed by atoms with van der Waals surface area (Å²) < 4.78 is 5.02. The van der Waals surface area contributed by atoms with Crippen molar-refractivity contribution >= 4 is 0 Å². The van der Waals surface area contributed by atoms with Gasteiger partial charge in [0.1, 0.15) is 0 Å². The van der Waals surface area contributed by atoms with Gasteiger partial charge in [-0.2, -0.15) is 0 Å². The standard InChI is InChI=1S/C4H10N2O/c5-6-1-3-7-4-2-6/h1-5H2/q+1. The first-order valence-electron chi connectivity index (χ1n) is 2.47. The van der Waals surface area contributed by atoms with Gasteiger partial charge in [0.2, 0.25) is 0 Å². The number of hydrogen-bond acceptors (Lipinski definition) is 3. The van der Waals surface area contributed by atoms with Crippen LogP contribution in [0.1, 0.15) is 0 Å². The Morgan fingerprint density at radius 1 is 1.29 bits per heavy atom. The number of ether oxygens (including phenoxy) is 1. The van der Waals surface area contributed by atoms with Gasteiger partial charge >= 0.3 is 0 Å². The fraction of sp³-hybridized carbons (Fsp3) is 1.00. The van der Waals surface area contributed by atoms with E-state index in [1.165, 1.54) is 0 Å². The third-order valence-corrected chi connectivity index (χ3v) is 1.05. The molecule has 3 nitrogen and oxygen atoms in total. The van der Waals surface area contributed by atoms with Crippen LogP contribution in [0.2, 0.25) is 0 Å². The van der Waals surface area contributed by atoms with Crippen LogP contribution in [0, 0.1) is 0 Å². The van der Waals surface area contributed by atoms with Gasteiger partial charge < -0.3 is 4.74 Å². The van der Waals surface area contributed by atoms with Crippen LogP contribution in [0.5, 0.6) is 0 Å². The van der Waals surface area contributed by atoms with Crippen molar-refractivity contribution in [3.63, 3.8) is 0 Å². The van der Waals surface area contributed by atoms with Gasteiger partial charge in [-0.05, 0) is 0 Å². The third-order valence-electron chi connectivity index (χ3n) is 1.05. The summed E-state index contributed by atoms with van der Waals surface area (Å²) in [4.78, 5) is 0. The second kappa shape index (κ2) is 2.26. The van der Waals surface area contributed by atoms with Crippen molar-refractivity contribution in [1.29, 1.82) is 0 Å². The molecule has 2 N–H and O–H groups in total. The molecule has 1 saturated heterocycles. The lowest BCUT2D eigenvalue weighted by molar-refractivity contribution is -0.580. The van der Waals surface area contributed by atoms with Crippen LogP contribution in [0.25, 0.3) is 0 Å². The van der Waals surface area contributed by atoms with E-state index in [2.05, 4.69) is 0 Å². The predicted molar refractivity (Wildman–Crippen MR) is 24.3 cm³/mol. The molecule has 0 bridgehead atoms. The van der Waals surface area contributed by atoms with Crippen molar-refractivity contribution in [2.24, 2.45) is 0 Å². The maximum Gasteiger partial charge on any atom is 0.0763 e. The minimum Gasteiger partial charge on any atom is -0.378 e. The molecule has 7 heavy (non-hydrogen) atoms. The molecule has 0 aromatic carbocycles. The first-order valence-corrected chi connectivity index (χ1v) is 2.47. The van der Waals surface area contributed by atoms with Gasteiger partial charge in [0.05, 0.1) is 26.3 Å². The molecule has 41 valence electrons. The summed E-state index contributed by atoms with van der Waals surface area (Å²) in [5.74, 6) is 5.39. The highest BCUT2D eigenvalue weighted by atomic mass is 16.5. The molecule has 0 saturated carbocycles. The Balaban J connectivity index is 2.12. The number of hydrogen-bond donors (Lipinski definition) is 1. The van der Waals surface area contributed by atoms with Crippen LogP contribution in [-0.4, -0.2) is 31.3 Å². The quantitative estimate of drug-likeness (QED) is 0.369. The molecular formula is C4H10N2O+. The normalized spacial score (nSPS) is 25.3. The second-order valence-corrected chi connectivity index (χ2v) is 1.65. The third kappa shape index (κ3) is 1.43. The van der Waals surface area contributed by atoms with Gasteiger partial charge in [-0.3, -0.25) is 0 Å². The molecule has 1 aliphatic rings. The van der Waals surface area contributed by atoms with Crippen molar-refractivity contribution < 1.29 is 10.6 Å². The molecule has 0 amide bonds. The number of hydrazine groups is 1. The van der Waals surface area contributed by atoms with E-state index in [9.17, 15) is 0 Å². The Labute approximate surface area is 43.0 Å². The molecule has 0 aromatic rings. The minimum absolute atomic E-state index is 0.788. The Morgan fingerprint density at radius 3 is 2.14 bits per heavy atom. The summed E-state index contributed by atoms with van der Waals surface area (Å²) in [6, 6.07) is 0. The molecule has 0 spiro atoms. The molecule has 1 fully saturated rings. The van der Waals surface area contributed by atoms with E-state index in [0.717, 1.165) is 26.3 Å². The highest BCUT2D eigenvalue weighted by Crippen LogP contribution is 1.85. The Hall–Kier alpha value is -0.120. The van der Waals surface area contributed by atoms with Crippen LogP contribution < -0.4 is 5.84 Å². The first kappa shape index (κ1) is 5.03. The number of morpholine rings is 1. The maximum absolute atomic E-state index is 5.39. The molecule has 1 aliphatic heterocycles. The summed E-state index contributed by atoms with van der Waals surface area (Å²) >= 11 is 0. The maximum atomic E-state index is 5.39. The lowest BCUT2D eigenvalue weighted by Gasteiger charge is -2.14. The molecule has 0 aromatic heterocycles. The molecule has 1 radical (unpaired) electrons. The van der Waals surface area contributed by atoms with E-state index in [-0.39, 0.29) is 0 Å². The fourth-order valence-corrected chi connectivity index (χ4v) is 0.577. The van der Waals surface area contributed by atoms with Crippen LogP contribution >= 0.6 is 0 Å².